The molecule has 2 aromatic rings. The molecule has 0 fully saturated rings. The molecule has 0 spiro atoms. The molecule has 2 rings (SSSR count). The fourth-order valence-electron chi connectivity index (χ4n) is 2.65. The van der Waals surface area contributed by atoms with Crippen LogP contribution in [0.5, 0.6) is 0 Å². The third-order valence-corrected chi connectivity index (χ3v) is 3.95. The van der Waals surface area contributed by atoms with Gasteiger partial charge in [0.2, 0.25) is 11.8 Å². The lowest BCUT2D eigenvalue weighted by Crippen LogP contribution is -2.37. The molecule has 0 saturated heterocycles. The number of ether oxygens (including phenoxy) is 1. The molecule has 0 heterocycles. The first kappa shape index (κ1) is 19.2. The van der Waals surface area contributed by atoms with E-state index in [2.05, 4.69) is 5.32 Å². The Hall–Kier alpha value is -3.15. The molecule has 0 radical (unpaired) electrons. The van der Waals surface area contributed by atoms with Crippen molar-refractivity contribution in [1.82, 2.24) is 0 Å². The van der Waals surface area contributed by atoms with Gasteiger partial charge in [0.1, 0.15) is 6.54 Å². The molecule has 2 amide bonds. The summed E-state index contributed by atoms with van der Waals surface area (Å²) in [4.78, 5) is 37.8. The number of aryl methyl sites for hydroxylation is 1. The molecule has 0 bridgehead atoms. The van der Waals surface area contributed by atoms with Crippen molar-refractivity contribution in [2.75, 3.05) is 23.9 Å². The Morgan fingerprint density at radius 3 is 2.35 bits per heavy atom. The molecule has 26 heavy (non-hydrogen) atoms. The topological polar surface area (TPSA) is 75.7 Å². The fourth-order valence-corrected chi connectivity index (χ4v) is 2.65. The molecule has 0 atom stereocenters. The number of rotatable bonds is 6. The third kappa shape index (κ3) is 4.47. The average molecular weight is 354 g/mol. The van der Waals surface area contributed by atoms with Gasteiger partial charge in [0.15, 0.2) is 0 Å². The van der Waals surface area contributed by atoms with Gasteiger partial charge in [0.05, 0.1) is 18.4 Å². The summed E-state index contributed by atoms with van der Waals surface area (Å²) in [6.07, 6.45) is 0.743. The van der Waals surface area contributed by atoms with E-state index < -0.39 is 11.9 Å². The van der Waals surface area contributed by atoms with Gasteiger partial charge in [0, 0.05) is 12.6 Å². The lowest BCUT2D eigenvalue weighted by molar-refractivity contribution is -0.120. The van der Waals surface area contributed by atoms with E-state index in [4.69, 9.17) is 4.74 Å². The molecule has 0 aromatic heterocycles. The van der Waals surface area contributed by atoms with Crippen LogP contribution in [0.4, 0.5) is 11.4 Å². The quantitative estimate of drug-likeness (QED) is 0.809. The Bertz CT molecular complexity index is 817. The summed E-state index contributed by atoms with van der Waals surface area (Å²) in [7, 11) is 1.28. The Morgan fingerprint density at radius 2 is 1.69 bits per heavy atom. The zero-order valence-electron chi connectivity index (χ0n) is 15.1. The second-order valence-corrected chi connectivity index (χ2v) is 5.67. The normalized spacial score (nSPS) is 10.1. The van der Waals surface area contributed by atoms with Crippen molar-refractivity contribution in [3.05, 3.63) is 59.7 Å². The van der Waals surface area contributed by atoms with E-state index in [9.17, 15) is 14.4 Å². The molecule has 0 unspecified atom stereocenters. The lowest BCUT2D eigenvalue weighted by Gasteiger charge is -2.23. The highest BCUT2D eigenvalue weighted by Crippen LogP contribution is 2.22. The first-order chi connectivity index (χ1) is 12.5. The summed E-state index contributed by atoms with van der Waals surface area (Å²) < 4.78 is 4.72. The van der Waals surface area contributed by atoms with Crippen LogP contribution < -0.4 is 10.2 Å². The number of para-hydroxylation sites is 2. The zero-order valence-corrected chi connectivity index (χ0v) is 15.1. The van der Waals surface area contributed by atoms with Crippen molar-refractivity contribution in [2.24, 2.45) is 0 Å². The van der Waals surface area contributed by atoms with Crippen molar-refractivity contribution >= 4 is 29.2 Å². The van der Waals surface area contributed by atoms with E-state index in [0.717, 1.165) is 12.0 Å². The minimum Gasteiger partial charge on any atom is -0.465 e. The maximum Gasteiger partial charge on any atom is 0.339 e. The van der Waals surface area contributed by atoms with Crippen LogP contribution in [-0.2, 0) is 20.7 Å². The number of anilines is 2. The van der Waals surface area contributed by atoms with E-state index in [1.807, 2.05) is 31.2 Å². The second kappa shape index (κ2) is 8.80. The Balaban J connectivity index is 2.22. The van der Waals surface area contributed by atoms with Gasteiger partial charge in [0.25, 0.3) is 0 Å². The average Bonchev–Trinajstić information content (AvgIpc) is 2.65. The molecule has 0 aliphatic heterocycles. The van der Waals surface area contributed by atoms with Gasteiger partial charge in [-0.05, 0) is 30.2 Å². The largest absolute Gasteiger partial charge is 0.465 e. The minimum atomic E-state index is -0.541. The minimum absolute atomic E-state index is 0.151. The van der Waals surface area contributed by atoms with Crippen LogP contribution in [-0.4, -0.2) is 31.4 Å². The van der Waals surface area contributed by atoms with Crippen LogP contribution >= 0.6 is 0 Å². The van der Waals surface area contributed by atoms with Crippen LogP contribution in [0.25, 0.3) is 0 Å². The van der Waals surface area contributed by atoms with E-state index in [-0.39, 0.29) is 18.0 Å². The molecule has 1 N–H and O–H groups in total. The van der Waals surface area contributed by atoms with Crippen LogP contribution in [0.1, 0.15) is 29.8 Å². The highest BCUT2D eigenvalue weighted by Gasteiger charge is 2.19. The smallest absolute Gasteiger partial charge is 0.339 e. The molecule has 0 aliphatic rings. The number of nitrogens with zero attached hydrogens (tertiary/aromatic N) is 1. The van der Waals surface area contributed by atoms with Crippen molar-refractivity contribution < 1.29 is 19.1 Å². The molecule has 6 heteroatoms. The Kier molecular flexibility index (Phi) is 6.49. The molecular weight excluding hydrogens is 332 g/mol. The van der Waals surface area contributed by atoms with Crippen molar-refractivity contribution in [3.63, 3.8) is 0 Å². The van der Waals surface area contributed by atoms with Gasteiger partial charge in [-0.1, -0.05) is 37.3 Å². The maximum atomic E-state index is 12.5. The predicted octanol–water partition coefficient (Wildman–Crippen LogP) is 3.03. The fraction of sp³-hybridized carbons (Fsp3) is 0.250. The number of carbonyl (C=O) groups excluding carboxylic acids is 3. The summed E-state index contributed by atoms with van der Waals surface area (Å²) >= 11 is 0. The van der Waals surface area contributed by atoms with E-state index in [1.165, 1.54) is 18.9 Å². The number of hydrogen-bond donors (Lipinski definition) is 1. The lowest BCUT2D eigenvalue weighted by atomic mass is 10.1. The van der Waals surface area contributed by atoms with Crippen molar-refractivity contribution in [2.45, 2.75) is 20.3 Å². The number of methoxy groups -OCH3 is 1. The summed E-state index contributed by atoms with van der Waals surface area (Å²) in [5.41, 5.74) is 2.28. The van der Waals surface area contributed by atoms with Crippen LogP contribution in [0, 0.1) is 0 Å². The molecule has 2 aromatic carbocycles. The van der Waals surface area contributed by atoms with Gasteiger partial charge in [-0.25, -0.2) is 4.79 Å². The number of carbonyl (C=O) groups is 3. The third-order valence-electron chi connectivity index (χ3n) is 3.95. The first-order valence-corrected chi connectivity index (χ1v) is 8.31. The van der Waals surface area contributed by atoms with Crippen LogP contribution in [0.3, 0.4) is 0 Å². The SMILES string of the molecule is CCc1ccccc1N(CC(=O)Nc1ccccc1C(=O)OC)C(C)=O. The monoisotopic (exact) mass is 354 g/mol. The summed E-state index contributed by atoms with van der Waals surface area (Å²) in [5.74, 6) is -1.18. The van der Waals surface area contributed by atoms with Gasteiger partial charge < -0.3 is 15.0 Å². The Morgan fingerprint density at radius 1 is 1.04 bits per heavy atom. The summed E-state index contributed by atoms with van der Waals surface area (Å²) in [6, 6.07) is 14.0. The molecule has 0 saturated carbocycles. The number of hydrogen-bond acceptors (Lipinski definition) is 4. The van der Waals surface area contributed by atoms with Gasteiger partial charge >= 0.3 is 5.97 Å². The molecule has 0 aliphatic carbocycles. The Labute approximate surface area is 152 Å². The van der Waals surface area contributed by atoms with Crippen molar-refractivity contribution in [1.29, 1.82) is 0 Å². The second-order valence-electron chi connectivity index (χ2n) is 5.67. The molecular formula is C20H22N2O4. The number of benzene rings is 2. The van der Waals surface area contributed by atoms with E-state index in [0.29, 0.717) is 11.4 Å². The van der Waals surface area contributed by atoms with E-state index >= 15 is 0 Å². The van der Waals surface area contributed by atoms with Crippen LogP contribution in [0.15, 0.2) is 48.5 Å². The predicted molar refractivity (Wildman–Crippen MR) is 100 cm³/mol. The number of esters is 1. The van der Waals surface area contributed by atoms with E-state index in [1.54, 1.807) is 24.3 Å². The molecule has 136 valence electrons. The van der Waals surface area contributed by atoms with Gasteiger partial charge in [-0.15, -0.1) is 0 Å². The summed E-state index contributed by atoms with van der Waals surface area (Å²) in [5, 5.41) is 2.68. The standard InChI is InChI=1S/C20H22N2O4/c1-4-15-9-5-8-12-18(15)22(14(2)23)13-19(24)21-17-11-7-6-10-16(17)20(25)26-3/h5-12H,4,13H2,1-3H3,(H,21,24). The highest BCUT2D eigenvalue weighted by molar-refractivity contribution is 6.05. The highest BCUT2D eigenvalue weighted by atomic mass is 16.5. The van der Waals surface area contributed by atoms with Crippen LogP contribution in [0.2, 0.25) is 0 Å². The number of nitrogens with one attached hydrogen (secondary N) is 1. The van der Waals surface area contributed by atoms with Crippen molar-refractivity contribution in [3.8, 4) is 0 Å². The maximum absolute atomic E-state index is 12.5. The first-order valence-electron chi connectivity index (χ1n) is 8.31. The zero-order chi connectivity index (χ0) is 19.1. The van der Waals surface area contributed by atoms with Gasteiger partial charge in [-0.3, -0.25) is 9.59 Å². The van der Waals surface area contributed by atoms with Gasteiger partial charge in [-0.2, -0.15) is 0 Å². The number of amides is 2. The molecule has 6 nitrogen and oxygen atoms in total. The summed E-state index contributed by atoms with van der Waals surface area (Å²) in [6.45, 7) is 3.26.